The van der Waals surface area contributed by atoms with Crippen LogP contribution in [0.3, 0.4) is 0 Å². The molecule has 0 unspecified atom stereocenters. The molecular weight excluding hydrogens is 613 g/mol. The van der Waals surface area contributed by atoms with Gasteiger partial charge in [-0.1, -0.05) is 159 Å². The first-order chi connectivity index (χ1) is 23.6. The van der Waals surface area contributed by atoms with Gasteiger partial charge in [-0.3, -0.25) is 4.79 Å². The van der Waals surface area contributed by atoms with Crippen molar-refractivity contribution in [2.75, 3.05) is 18.9 Å². The number of carbonyl (C=O) groups is 2. The van der Waals surface area contributed by atoms with Gasteiger partial charge in [0.05, 0.1) is 4.75 Å². The highest BCUT2D eigenvalue weighted by Gasteiger charge is 2.39. The van der Waals surface area contributed by atoms with Crippen molar-refractivity contribution < 1.29 is 14.3 Å². The van der Waals surface area contributed by atoms with Gasteiger partial charge in [0.15, 0.2) is 0 Å². The van der Waals surface area contributed by atoms with E-state index in [1.165, 1.54) is 11.1 Å². The third-order valence-corrected chi connectivity index (χ3v) is 10.7. The minimum absolute atomic E-state index is 0.0688. The van der Waals surface area contributed by atoms with Gasteiger partial charge in [-0.2, -0.15) is 0 Å². The Bertz CT molecular complexity index is 1650. The number of hydrogen-bond acceptors (Lipinski definition) is 4. The lowest BCUT2D eigenvalue weighted by atomic mass is 9.84. The second-order valence-corrected chi connectivity index (χ2v) is 13.3. The number of amides is 2. The number of rotatable bonds is 14. The molecule has 0 bridgehead atoms. The van der Waals surface area contributed by atoms with Gasteiger partial charge in [-0.25, -0.2) is 4.79 Å². The molecule has 5 nitrogen and oxygen atoms in total. The van der Waals surface area contributed by atoms with Crippen LogP contribution in [0.1, 0.15) is 59.9 Å². The number of carbonyl (C=O) groups excluding carboxylic acids is 2. The molecule has 1 aliphatic rings. The maximum atomic E-state index is 13.8. The van der Waals surface area contributed by atoms with Crippen LogP contribution < -0.4 is 10.6 Å². The van der Waals surface area contributed by atoms with Gasteiger partial charge < -0.3 is 15.4 Å². The van der Waals surface area contributed by atoms with Crippen LogP contribution in [-0.4, -0.2) is 36.9 Å². The van der Waals surface area contributed by atoms with Gasteiger partial charge in [0.2, 0.25) is 5.91 Å². The summed E-state index contributed by atoms with van der Waals surface area (Å²) in [6.45, 7) is 2.87. The summed E-state index contributed by atoms with van der Waals surface area (Å²) in [6, 6.07) is 46.8. The van der Waals surface area contributed by atoms with Crippen LogP contribution >= 0.6 is 11.8 Å². The Kier molecular flexibility index (Phi) is 10.9. The molecule has 2 amide bonds. The summed E-state index contributed by atoms with van der Waals surface area (Å²) >= 11 is 1.64. The van der Waals surface area contributed by atoms with Crippen LogP contribution in [0.2, 0.25) is 0 Å². The molecule has 0 radical (unpaired) electrons. The summed E-state index contributed by atoms with van der Waals surface area (Å²) in [5, 5.41) is 6.04. The SMILES string of the molecule is CCCCCNC(=O)[C@H](CSC(c1ccccc1)(c1ccccc1)c1ccccc1)NC(=O)OCC1c2ccccc2-c2ccccc21. The summed E-state index contributed by atoms with van der Waals surface area (Å²) in [5.41, 5.74) is 7.90. The summed E-state index contributed by atoms with van der Waals surface area (Å²) in [6.07, 6.45) is 2.37. The second-order valence-electron chi connectivity index (χ2n) is 12.1. The molecule has 0 heterocycles. The highest BCUT2D eigenvalue weighted by Crippen LogP contribution is 2.49. The number of ether oxygens (including phenoxy) is 1. The van der Waals surface area contributed by atoms with Crippen molar-refractivity contribution in [3.63, 3.8) is 0 Å². The van der Waals surface area contributed by atoms with Crippen LogP contribution in [0.25, 0.3) is 11.1 Å². The second kappa shape index (κ2) is 15.9. The van der Waals surface area contributed by atoms with E-state index >= 15 is 0 Å². The normalized spacial score (nSPS) is 12.9. The van der Waals surface area contributed by atoms with E-state index in [9.17, 15) is 9.59 Å². The molecule has 1 atom stereocenters. The Labute approximate surface area is 288 Å². The molecule has 0 spiro atoms. The minimum atomic E-state index is -0.817. The first-order valence-corrected chi connectivity index (χ1v) is 17.8. The van der Waals surface area contributed by atoms with Gasteiger partial charge in [0.25, 0.3) is 0 Å². The monoisotopic (exact) mass is 654 g/mol. The van der Waals surface area contributed by atoms with E-state index in [0.717, 1.165) is 47.1 Å². The van der Waals surface area contributed by atoms with Crippen LogP contribution in [0, 0.1) is 0 Å². The van der Waals surface area contributed by atoms with E-state index in [0.29, 0.717) is 12.3 Å². The quantitative estimate of drug-likeness (QED) is 0.0927. The highest BCUT2D eigenvalue weighted by molar-refractivity contribution is 8.00. The number of benzene rings is 5. The third kappa shape index (κ3) is 7.19. The lowest BCUT2D eigenvalue weighted by Crippen LogP contribution is -2.49. The van der Waals surface area contributed by atoms with E-state index in [-0.39, 0.29) is 18.4 Å². The van der Waals surface area contributed by atoms with Gasteiger partial charge >= 0.3 is 6.09 Å². The fourth-order valence-electron chi connectivity index (χ4n) is 6.65. The van der Waals surface area contributed by atoms with E-state index in [1.54, 1.807) is 11.8 Å². The van der Waals surface area contributed by atoms with Crippen molar-refractivity contribution in [2.24, 2.45) is 0 Å². The molecular formula is C42H42N2O3S. The smallest absolute Gasteiger partial charge is 0.407 e. The number of fused-ring (bicyclic) bond motifs is 3. The molecule has 0 aliphatic heterocycles. The van der Waals surface area contributed by atoms with Crippen molar-refractivity contribution in [1.29, 1.82) is 0 Å². The summed E-state index contributed by atoms with van der Waals surface area (Å²) < 4.78 is 5.28. The Morgan fingerprint density at radius 1 is 0.688 bits per heavy atom. The molecule has 0 aromatic heterocycles. The summed E-state index contributed by atoms with van der Waals surface area (Å²) in [4.78, 5) is 27.3. The van der Waals surface area contributed by atoms with Gasteiger partial charge in [0.1, 0.15) is 12.6 Å². The number of hydrogen-bond donors (Lipinski definition) is 2. The van der Waals surface area contributed by atoms with Crippen molar-refractivity contribution in [3.05, 3.63) is 167 Å². The number of alkyl carbamates (subject to hydrolysis) is 1. The zero-order chi connectivity index (χ0) is 33.2. The van der Waals surface area contributed by atoms with Crippen LogP contribution in [-0.2, 0) is 14.3 Å². The molecule has 5 aromatic carbocycles. The van der Waals surface area contributed by atoms with Crippen molar-refractivity contribution in [3.8, 4) is 11.1 Å². The minimum Gasteiger partial charge on any atom is -0.449 e. The van der Waals surface area contributed by atoms with E-state index in [1.807, 2.05) is 78.9 Å². The fraction of sp³-hybridized carbons (Fsp3) is 0.238. The Balaban J connectivity index is 1.26. The summed E-state index contributed by atoms with van der Waals surface area (Å²) in [5.74, 6) is 0.0404. The molecule has 6 rings (SSSR count). The van der Waals surface area contributed by atoms with Crippen LogP contribution in [0.4, 0.5) is 4.79 Å². The van der Waals surface area contributed by atoms with Crippen molar-refractivity contribution in [2.45, 2.75) is 42.9 Å². The maximum Gasteiger partial charge on any atom is 0.407 e. The molecule has 5 aromatic rings. The van der Waals surface area contributed by atoms with Crippen LogP contribution in [0.5, 0.6) is 0 Å². The van der Waals surface area contributed by atoms with E-state index in [2.05, 4.69) is 78.2 Å². The molecule has 0 saturated heterocycles. The Hall–Kier alpha value is -4.81. The first kappa shape index (κ1) is 33.1. The van der Waals surface area contributed by atoms with Gasteiger partial charge in [-0.15, -0.1) is 11.8 Å². The van der Waals surface area contributed by atoms with Gasteiger partial charge in [-0.05, 0) is 45.4 Å². The Morgan fingerprint density at radius 2 is 1.17 bits per heavy atom. The van der Waals surface area contributed by atoms with Gasteiger partial charge in [0, 0.05) is 18.2 Å². The van der Waals surface area contributed by atoms with E-state index in [4.69, 9.17) is 4.74 Å². The number of thioether (sulfide) groups is 1. The zero-order valence-electron chi connectivity index (χ0n) is 27.3. The predicted octanol–water partition coefficient (Wildman–Crippen LogP) is 8.93. The molecule has 6 heteroatoms. The molecule has 244 valence electrons. The molecule has 48 heavy (non-hydrogen) atoms. The lowest BCUT2D eigenvalue weighted by molar-refractivity contribution is -0.122. The summed E-state index contributed by atoms with van der Waals surface area (Å²) in [7, 11) is 0. The molecule has 0 fully saturated rings. The highest BCUT2D eigenvalue weighted by atomic mass is 32.2. The predicted molar refractivity (Wildman–Crippen MR) is 196 cm³/mol. The fourth-order valence-corrected chi connectivity index (χ4v) is 8.21. The molecule has 0 saturated carbocycles. The maximum absolute atomic E-state index is 13.8. The number of unbranched alkanes of at least 4 members (excludes halogenated alkanes) is 2. The number of nitrogens with one attached hydrogen (secondary N) is 2. The standard InChI is InChI=1S/C42H42N2O3S/c1-2-3-17-28-43-40(45)39(44-41(46)47-29-38-36-26-15-13-24-34(36)35-25-14-16-27-37(35)38)30-48-42(31-18-7-4-8-19-31,32-20-9-5-10-21-32)33-22-11-6-12-23-33/h4-16,18-27,38-39H,2-3,17,28-30H2,1H3,(H,43,45)(H,44,46)/t39-/m0/s1. The van der Waals surface area contributed by atoms with Crippen molar-refractivity contribution >= 4 is 23.8 Å². The zero-order valence-corrected chi connectivity index (χ0v) is 28.1. The average molecular weight is 655 g/mol. The third-order valence-electron chi connectivity index (χ3n) is 9.04. The topological polar surface area (TPSA) is 67.4 Å². The Morgan fingerprint density at radius 3 is 1.67 bits per heavy atom. The van der Waals surface area contributed by atoms with E-state index < -0.39 is 16.9 Å². The molecule has 1 aliphatic carbocycles. The van der Waals surface area contributed by atoms with Crippen molar-refractivity contribution in [1.82, 2.24) is 10.6 Å². The lowest BCUT2D eigenvalue weighted by Gasteiger charge is -2.36. The largest absolute Gasteiger partial charge is 0.449 e. The van der Waals surface area contributed by atoms with Crippen LogP contribution in [0.15, 0.2) is 140 Å². The first-order valence-electron chi connectivity index (χ1n) is 16.8. The average Bonchev–Trinajstić information content (AvgIpc) is 3.47. The molecule has 2 N–H and O–H groups in total.